The Morgan fingerprint density at radius 1 is 0.897 bits per heavy atom. The number of para-hydroxylation sites is 1. The summed E-state index contributed by atoms with van der Waals surface area (Å²) in [5.74, 6) is 0.174. The van der Waals surface area contributed by atoms with Gasteiger partial charge >= 0.3 is 0 Å². The number of hydrogen-bond acceptors (Lipinski definition) is 5. The quantitative estimate of drug-likeness (QED) is 0.654. The first-order chi connectivity index (χ1) is 14.1. The average molecular weight is 387 g/mol. The standard InChI is InChI=1S/C22H17N3O4/c26-19(12-14-25-21(27)18-7-4-13-23-20(18)22(25)28)24-15-8-10-17(11-9-15)29-16-5-2-1-3-6-16/h1-11,13H,12,14H2,(H,24,26). The van der Waals surface area contributed by atoms with Gasteiger partial charge in [0.2, 0.25) is 5.91 Å². The van der Waals surface area contributed by atoms with E-state index in [-0.39, 0.29) is 30.1 Å². The highest BCUT2D eigenvalue weighted by Crippen LogP contribution is 2.23. The first kappa shape index (κ1) is 18.4. The smallest absolute Gasteiger partial charge is 0.280 e. The third-order valence-corrected chi connectivity index (χ3v) is 4.41. The minimum atomic E-state index is -0.471. The van der Waals surface area contributed by atoms with Crippen LogP contribution in [0, 0.1) is 0 Å². The van der Waals surface area contributed by atoms with Crippen molar-refractivity contribution in [1.82, 2.24) is 9.88 Å². The number of benzene rings is 2. The lowest BCUT2D eigenvalue weighted by Gasteiger charge is -2.13. The number of imide groups is 1. The number of fused-ring (bicyclic) bond motifs is 1. The van der Waals surface area contributed by atoms with Crippen molar-refractivity contribution < 1.29 is 19.1 Å². The molecule has 0 saturated heterocycles. The molecule has 1 aromatic heterocycles. The van der Waals surface area contributed by atoms with Crippen molar-refractivity contribution in [2.24, 2.45) is 0 Å². The summed E-state index contributed by atoms with van der Waals surface area (Å²) < 4.78 is 5.71. The molecule has 0 fully saturated rings. The van der Waals surface area contributed by atoms with Gasteiger partial charge in [0.15, 0.2) is 0 Å². The summed E-state index contributed by atoms with van der Waals surface area (Å²) in [5, 5.41) is 2.75. The maximum absolute atomic E-state index is 12.3. The van der Waals surface area contributed by atoms with Crippen LogP contribution in [0.25, 0.3) is 0 Å². The van der Waals surface area contributed by atoms with Crippen LogP contribution in [0.15, 0.2) is 72.9 Å². The van der Waals surface area contributed by atoms with Crippen LogP contribution in [0.1, 0.15) is 27.3 Å². The van der Waals surface area contributed by atoms with Crippen LogP contribution >= 0.6 is 0 Å². The van der Waals surface area contributed by atoms with E-state index >= 15 is 0 Å². The Hall–Kier alpha value is -4.00. The van der Waals surface area contributed by atoms with Crippen LogP contribution in [-0.2, 0) is 4.79 Å². The molecule has 4 rings (SSSR count). The topological polar surface area (TPSA) is 88.6 Å². The van der Waals surface area contributed by atoms with Gasteiger partial charge in [-0.25, -0.2) is 0 Å². The van der Waals surface area contributed by atoms with E-state index in [1.54, 1.807) is 36.4 Å². The van der Waals surface area contributed by atoms with Crippen LogP contribution < -0.4 is 10.1 Å². The molecular weight excluding hydrogens is 370 g/mol. The second-order valence-corrected chi connectivity index (χ2v) is 6.40. The molecule has 7 heteroatoms. The molecule has 0 radical (unpaired) electrons. The van der Waals surface area contributed by atoms with E-state index in [4.69, 9.17) is 4.74 Å². The molecule has 1 N–H and O–H groups in total. The van der Waals surface area contributed by atoms with Crippen LogP contribution in [0.3, 0.4) is 0 Å². The molecule has 3 amide bonds. The summed E-state index contributed by atoms with van der Waals surface area (Å²) in [6.07, 6.45) is 1.46. The number of nitrogens with one attached hydrogen (secondary N) is 1. The van der Waals surface area contributed by atoms with Crippen molar-refractivity contribution in [3.8, 4) is 11.5 Å². The summed E-state index contributed by atoms with van der Waals surface area (Å²) in [4.78, 5) is 41.8. The van der Waals surface area contributed by atoms with Gasteiger partial charge < -0.3 is 10.1 Å². The zero-order valence-corrected chi connectivity index (χ0v) is 15.4. The molecule has 29 heavy (non-hydrogen) atoms. The SMILES string of the molecule is O=C(CCN1C(=O)c2cccnc2C1=O)Nc1ccc(Oc2ccccc2)cc1. The summed E-state index contributed by atoms with van der Waals surface area (Å²) in [5.41, 5.74) is 0.998. The Bertz CT molecular complexity index is 1030. The Kier molecular flexibility index (Phi) is 5.03. The van der Waals surface area contributed by atoms with Gasteiger partial charge in [-0.05, 0) is 48.5 Å². The molecule has 144 valence electrons. The maximum Gasteiger partial charge on any atom is 0.280 e. The zero-order chi connectivity index (χ0) is 20.2. The zero-order valence-electron chi connectivity index (χ0n) is 15.4. The molecule has 2 heterocycles. The first-order valence-electron chi connectivity index (χ1n) is 9.06. The predicted molar refractivity (Wildman–Crippen MR) is 106 cm³/mol. The fourth-order valence-corrected chi connectivity index (χ4v) is 2.98. The third kappa shape index (κ3) is 3.98. The molecule has 0 atom stereocenters. The van der Waals surface area contributed by atoms with Gasteiger partial charge in [-0.15, -0.1) is 0 Å². The summed E-state index contributed by atoms with van der Waals surface area (Å²) in [6, 6.07) is 19.5. The predicted octanol–water partition coefficient (Wildman–Crippen LogP) is 3.50. The molecule has 0 unspecified atom stereocenters. The number of pyridine rings is 1. The molecule has 0 spiro atoms. The van der Waals surface area contributed by atoms with E-state index in [1.807, 2.05) is 30.3 Å². The van der Waals surface area contributed by atoms with Gasteiger partial charge in [0.25, 0.3) is 11.8 Å². The highest BCUT2D eigenvalue weighted by atomic mass is 16.5. The van der Waals surface area contributed by atoms with Gasteiger partial charge in [-0.1, -0.05) is 18.2 Å². The van der Waals surface area contributed by atoms with Gasteiger partial charge in [-0.2, -0.15) is 0 Å². The lowest BCUT2D eigenvalue weighted by molar-refractivity contribution is -0.116. The van der Waals surface area contributed by atoms with Gasteiger partial charge in [0.05, 0.1) is 5.56 Å². The molecule has 3 aromatic rings. The normalized spacial score (nSPS) is 12.6. The van der Waals surface area contributed by atoms with Crippen molar-refractivity contribution in [1.29, 1.82) is 0 Å². The van der Waals surface area contributed by atoms with E-state index in [0.717, 1.165) is 10.6 Å². The Morgan fingerprint density at radius 3 is 2.34 bits per heavy atom. The lowest BCUT2D eigenvalue weighted by Crippen LogP contribution is -2.33. The van der Waals surface area contributed by atoms with Crippen molar-refractivity contribution in [2.75, 3.05) is 11.9 Å². The Morgan fingerprint density at radius 2 is 1.62 bits per heavy atom. The lowest BCUT2D eigenvalue weighted by atomic mass is 10.2. The second-order valence-electron chi connectivity index (χ2n) is 6.40. The maximum atomic E-state index is 12.3. The largest absolute Gasteiger partial charge is 0.457 e. The number of hydrogen-bond donors (Lipinski definition) is 1. The van der Waals surface area contributed by atoms with Crippen molar-refractivity contribution in [3.05, 3.63) is 84.2 Å². The second kappa shape index (κ2) is 7.93. The van der Waals surface area contributed by atoms with E-state index in [1.165, 1.54) is 6.20 Å². The van der Waals surface area contributed by atoms with Crippen LogP contribution in [-0.4, -0.2) is 34.2 Å². The highest BCUT2D eigenvalue weighted by molar-refractivity contribution is 6.20. The van der Waals surface area contributed by atoms with Crippen molar-refractivity contribution in [2.45, 2.75) is 6.42 Å². The minimum absolute atomic E-state index is 0.00490. The molecule has 0 bridgehead atoms. The van der Waals surface area contributed by atoms with Crippen LogP contribution in [0.5, 0.6) is 11.5 Å². The number of amides is 3. The number of nitrogens with zero attached hydrogens (tertiary/aromatic N) is 2. The Balaban J connectivity index is 1.31. The highest BCUT2D eigenvalue weighted by Gasteiger charge is 2.36. The van der Waals surface area contributed by atoms with E-state index < -0.39 is 11.8 Å². The number of carbonyl (C=O) groups excluding carboxylic acids is 3. The molecule has 1 aliphatic heterocycles. The Labute approximate surface area is 166 Å². The third-order valence-electron chi connectivity index (χ3n) is 4.41. The van der Waals surface area contributed by atoms with Gasteiger partial charge in [-0.3, -0.25) is 24.3 Å². The summed E-state index contributed by atoms with van der Waals surface area (Å²) in [7, 11) is 0. The fourth-order valence-electron chi connectivity index (χ4n) is 2.98. The molecule has 2 aromatic carbocycles. The van der Waals surface area contributed by atoms with E-state index in [9.17, 15) is 14.4 Å². The first-order valence-corrected chi connectivity index (χ1v) is 9.06. The number of aromatic nitrogens is 1. The summed E-state index contributed by atoms with van der Waals surface area (Å²) >= 11 is 0. The van der Waals surface area contributed by atoms with Crippen molar-refractivity contribution >= 4 is 23.4 Å². The number of ether oxygens (including phenoxy) is 1. The minimum Gasteiger partial charge on any atom is -0.457 e. The average Bonchev–Trinajstić information content (AvgIpc) is 2.99. The number of rotatable bonds is 6. The van der Waals surface area contributed by atoms with Crippen LogP contribution in [0.4, 0.5) is 5.69 Å². The molecule has 0 saturated carbocycles. The van der Waals surface area contributed by atoms with Crippen LogP contribution in [0.2, 0.25) is 0 Å². The van der Waals surface area contributed by atoms with E-state index in [2.05, 4.69) is 10.3 Å². The van der Waals surface area contributed by atoms with Gasteiger partial charge in [0.1, 0.15) is 17.2 Å². The summed E-state index contributed by atoms with van der Waals surface area (Å²) in [6.45, 7) is -0.00490. The fraction of sp³-hybridized carbons (Fsp3) is 0.0909. The number of anilines is 1. The van der Waals surface area contributed by atoms with E-state index in [0.29, 0.717) is 11.4 Å². The monoisotopic (exact) mass is 387 g/mol. The molecular formula is C22H17N3O4. The van der Waals surface area contributed by atoms with Crippen molar-refractivity contribution in [3.63, 3.8) is 0 Å². The molecule has 7 nitrogen and oxygen atoms in total. The van der Waals surface area contributed by atoms with Gasteiger partial charge in [0, 0.05) is 24.8 Å². The molecule has 1 aliphatic rings. The number of carbonyl (C=O) groups is 3. The molecule has 0 aliphatic carbocycles.